The Kier molecular flexibility index (Phi) is 8.51. The van der Waals surface area contributed by atoms with Gasteiger partial charge in [0.1, 0.15) is 10.6 Å². The first-order chi connectivity index (χ1) is 18.5. The standard InChI is InChI=1S/C30H37N5O3S/c1-7-8-22(32-27(36)24-12-18(3)38-35-24)11-17(2)25(16-31)33-28(37)26-15-20-13-19-14-21(30(4,5)6)9-10-23(19)34-29(20)39-26/h7-8,11-13,15,21,25H,2,9-10,14,16,31H2,1,3-6H3,(H,32,36)(H,33,37)/b8-7-,22-11+/t21-,25-/m1/s1. The minimum absolute atomic E-state index is 0.145. The van der Waals surface area contributed by atoms with Crippen LogP contribution in [0.15, 0.2) is 58.8 Å². The van der Waals surface area contributed by atoms with Crippen molar-refractivity contribution in [3.05, 3.63) is 81.9 Å². The number of hydrogen-bond acceptors (Lipinski definition) is 7. The van der Waals surface area contributed by atoms with E-state index in [1.165, 1.54) is 16.9 Å². The second-order valence-corrected chi connectivity index (χ2v) is 12.1. The Morgan fingerprint density at radius 3 is 2.69 bits per heavy atom. The van der Waals surface area contributed by atoms with Gasteiger partial charge in [0.15, 0.2) is 5.69 Å². The average Bonchev–Trinajstić information content (AvgIpc) is 3.50. The molecule has 0 bridgehead atoms. The predicted molar refractivity (Wildman–Crippen MR) is 156 cm³/mol. The topological polar surface area (TPSA) is 123 Å². The minimum atomic E-state index is -0.525. The van der Waals surface area contributed by atoms with Crippen LogP contribution in [0, 0.1) is 18.3 Å². The molecule has 0 spiro atoms. The molecule has 0 fully saturated rings. The van der Waals surface area contributed by atoms with Crippen molar-refractivity contribution in [3.8, 4) is 0 Å². The van der Waals surface area contributed by atoms with Gasteiger partial charge >= 0.3 is 0 Å². The highest BCUT2D eigenvalue weighted by molar-refractivity contribution is 7.20. The van der Waals surface area contributed by atoms with Crippen molar-refractivity contribution < 1.29 is 14.1 Å². The summed E-state index contributed by atoms with van der Waals surface area (Å²) in [6.07, 6.45) is 8.33. The fraction of sp³-hybridized carbons (Fsp3) is 0.400. The number of allylic oxidation sites excluding steroid dienone is 2. The minimum Gasteiger partial charge on any atom is -0.361 e. The molecule has 1 aliphatic rings. The third kappa shape index (κ3) is 6.72. The summed E-state index contributed by atoms with van der Waals surface area (Å²) < 4.78 is 4.98. The highest BCUT2D eigenvalue weighted by atomic mass is 32.1. The van der Waals surface area contributed by atoms with Crippen LogP contribution < -0.4 is 16.4 Å². The normalized spacial score (nSPS) is 16.8. The molecule has 8 nitrogen and oxygen atoms in total. The summed E-state index contributed by atoms with van der Waals surface area (Å²) in [5, 5.41) is 10.5. The Hall–Kier alpha value is -3.56. The maximum atomic E-state index is 13.2. The van der Waals surface area contributed by atoms with Crippen LogP contribution in [-0.4, -0.2) is 34.5 Å². The van der Waals surface area contributed by atoms with E-state index in [4.69, 9.17) is 15.2 Å². The summed E-state index contributed by atoms with van der Waals surface area (Å²) in [4.78, 5) is 32.1. The second-order valence-electron chi connectivity index (χ2n) is 11.1. The van der Waals surface area contributed by atoms with Crippen molar-refractivity contribution in [2.45, 2.75) is 59.9 Å². The summed E-state index contributed by atoms with van der Waals surface area (Å²) in [6.45, 7) is 14.7. The van der Waals surface area contributed by atoms with Crippen LogP contribution in [0.2, 0.25) is 0 Å². The van der Waals surface area contributed by atoms with Gasteiger partial charge in [-0.05, 0) is 79.9 Å². The summed E-state index contributed by atoms with van der Waals surface area (Å²) >= 11 is 1.39. The molecule has 206 valence electrons. The second kappa shape index (κ2) is 11.7. The molecule has 4 N–H and O–H groups in total. The zero-order valence-electron chi connectivity index (χ0n) is 23.3. The summed E-state index contributed by atoms with van der Waals surface area (Å²) in [5.41, 5.74) is 9.92. The molecule has 3 aromatic heterocycles. The zero-order chi connectivity index (χ0) is 28.3. The number of nitrogens with one attached hydrogen (secondary N) is 2. The number of aryl methyl sites for hydroxylation is 2. The van der Waals surface area contributed by atoms with Gasteiger partial charge in [-0.3, -0.25) is 9.59 Å². The van der Waals surface area contributed by atoms with Crippen LogP contribution in [0.25, 0.3) is 10.2 Å². The van der Waals surface area contributed by atoms with Crippen LogP contribution in [0.5, 0.6) is 0 Å². The van der Waals surface area contributed by atoms with Crippen LogP contribution in [0.4, 0.5) is 0 Å². The van der Waals surface area contributed by atoms with E-state index in [0.717, 1.165) is 35.2 Å². The third-order valence-corrected chi connectivity index (χ3v) is 8.16. The lowest BCUT2D eigenvalue weighted by Gasteiger charge is -2.34. The Balaban J connectivity index is 1.48. The number of hydrogen-bond donors (Lipinski definition) is 3. The molecule has 0 aliphatic heterocycles. The first kappa shape index (κ1) is 28.4. The van der Waals surface area contributed by atoms with E-state index in [-0.39, 0.29) is 23.6 Å². The summed E-state index contributed by atoms with van der Waals surface area (Å²) in [6, 6.07) is 5.14. The van der Waals surface area contributed by atoms with Gasteiger partial charge in [0, 0.05) is 29.4 Å². The molecule has 3 heterocycles. The molecule has 0 radical (unpaired) electrons. The zero-order valence-corrected chi connectivity index (χ0v) is 24.1. The van der Waals surface area contributed by atoms with Crippen LogP contribution in [-0.2, 0) is 12.8 Å². The SMILES string of the molecule is C=C(/C=C(\C=C/C)NC(=O)c1cc(C)on1)[C@@H](CN)NC(=O)c1cc2cc3c(nc2s1)CC[C@@H](C(C)(C)C)C3. The molecule has 2 amide bonds. The summed E-state index contributed by atoms with van der Waals surface area (Å²) in [5.74, 6) is 0.514. The number of thiophene rings is 1. The summed E-state index contributed by atoms with van der Waals surface area (Å²) in [7, 11) is 0. The van der Waals surface area contributed by atoms with E-state index in [0.29, 0.717) is 27.8 Å². The fourth-order valence-corrected chi connectivity index (χ4v) is 5.72. The molecular formula is C30H37N5O3S. The maximum Gasteiger partial charge on any atom is 0.277 e. The molecular weight excluding hydrogens is 510 g/mol. The average molecular weight is 548 g/mol. The third-order valence-electron chi connectivity index (χ3n) is 7.12. The van der Waals surface area contributed by atoms with E-state index < -0.39 is 11.9 Å². The highest BCUT2D eigenvalue weighted by Gasteiger charge is 2.30. The monoisotopic (exact) mass is 547 g/mol. The molecule has 0 saturated heterocycles. The molecule has 0 saturated carbocycles. The lowest BCUT2D eigenvalue weighted by molar-refractivity contribution is 0.0942. The molecule has 2 atom stereocenters. The van der Waals surface area contributed by atoms with Crippen molar-refractivity contribution in [1.29, 1.82) is 0 Å². The molecule has 39 heavy (non-hydrogen) atoms. The van der Waals surface area contributed by atoms with Crippen LogP contribution in [0.1, 0.15) is 71.3 Å². The Labute approximate surface area is 233 Å². The molecule has 0 unspecified atom stereocenters. The van der Waals surface area contributed by atoms with E-state index in [1.54, 1.807) is 31.2 Å². The lowest BCUT2D eigenvalue weighted by atomic mass is 9.71. The Morgan fingerprint density at radius 1 is 1.28 bits per heavy atom. The smallest absolute Gasteiger partial charge is 0.277 e. The molecule has 4 rings (SSSR count). The van der Waals surface area contributed by atoms with Gasteiger partial charge in [0.2, 0.25) is 0 Å². The number of carbonyl (C=O) groups is 2. The molecule has 3 aromatic rings. The lowest BCUT2D eigenvalue weighted by Crippen LogP contribution is -2.41. The number of rotatable bonds is 8. The van der Waals surface area contributed by atoms with E-state index in [2.05, 4.69) is 49.2 Å². The Morgan fingerprint density at radius 2 is 2.05 bits per heavy atom. The fourth-order valence-electron chi connectivity index (χ4n) is 4.78. The number of nitrogens with two attached hydrogens (primary N) is 1. The number of amides is 2. The Bertz CT molecular complexity index is 1460. The number of nitrogens with zero attached hydrogens (tertiary/aromatic N) is 2. The van der Waals surface area contributed by atoms with Crippen molar-refractivity contribution in [2.75, 3.05) is 6.54 Å². The number of fused-ring (bicyclic) bond motifs is 2. The molecule has 9 heteroatoms. The number of pyridine rings is 1. The highest BCUT2D eigenvalue weighted by Crippen LogP contribution is 2.38. The van der Waals surface area contributed by atoms with Crippen LogP contribution in [0.3, 0.4) is 0 Å². The van der Waals surface area contributed by atoms with Gasteiger partial charge in [0.25, 0.3) is 11.8 Å². The quantitative estimate of drug-likeness (QED) is 0.331. The van der Waals surface area contributed by atoms with Gasteiger partial charge in [-0.2, -0.15) is 0 Å². The van der Waals surface area contributed by atoms with Crippen molar-refractivity contribution in [2.24, 2.45) is 17.1 Å². The number of carbonyl (C=O) groups excluding carboxylic acids is 2. The van der Waals surface area contributed by atoms with Gasteiger partial charge in [0.05, 0.1) is 10.9 Å². The number of aromatic nitrogens is 2. The van der Waals surface area contributed by atoms with E-state index in [1.807, 2.05) is 13.0 Å². The van der Waals surface area contributed by atoms with Crippen LogP contribution >= 0.6 is 11.3 Å². The first-order valence-corrected chi connectivity index (χ1v) is 14.0. The van der Waals surface area contributed by atoms with Crippen molar-refractivity contribution in [1.82, 2.24) is 20.8 Å². The van der Waals surface area contributed by atoms with Crippen molar-refractivity contribution >= 4 is 33.4 Å². The largest absolute Gasteiger partial charge is 0.361 e. The van der Waals surface area contributed by atoms with E-state index in [9.17, 15) is 9.59 Å². The first-order valence-electron chi connectivity index (χ1n) is 13.2. The molecule has 0 aromatic carbocycles. The van der Waals surface area contributed by atoms with Crippen molar-refractivity contribution in [3.63, 3.8) is 0 Å². The molecule has 1 aliphatic carbocycles. The van der Waals surface area contributed by atoms with E-state index >= 15 is 0 Å². The maximum absolute atomic E-state index is 13.2. The van der Waals surface area contributed by atoms with Gasteiger partial charge in [-0.1, -0.05) is 38.6 Å². The van der Waals surface area contributed by atoms with Gasteiger partial charge < -0.3 is 20.9 Å². The van der Waals surface area contributed by atoms with Gasteiger partial charge in [-0.25, -0.2) is 4.98 Å². The predicted octanol–water partition coefficient (Wildman–Crippen LogP) is 5.25. The van der Waals surface area contributed by atoms with Gasteiger partial charge in [-0.15, -0.1) is 11.3 Å².